The zero-order valence-electron chi connectivity index (χ0n) is 10.0. The molecule has 0 heterocycles. The molecule has 18 heavy (non-hydrogen) atoms. The highest BCUT2D eigenvalue weighted by molar-refractivity contribution is 6.31. The summed E-state index contributed by atoms with van der Waals surface area (Å²) in [6.07, 6.45) is 0.806. The molecule has 0 saturated carbocycles. The first kappa shape index (κ1) is 12.9. The number of hydrogen-bond acceptors (Lipinski definition) is 2. The Morgan fingerprint density at radius 2 is 1.72 bits per heavy atom. The van der Waals surface area contributed by atoms with Crippen LogP contribution in [-0.2, 0) is 6.42 Å². The van der Waals surface area contributed by atoms with Gasteiger partial charge in [0.05, 0.1) is 0 Å². The zero-order chi connectivity index (χ0) is 13.0. The lowest BCUT2D eigenvalue weighted by atomic mass is 9.92. The Kier molecular flexibility index (Phi) is 4.24. The van der Waals surface area contributed by atoms with Gasteiger partial charge in [-0.15, -0.1) is 0 Å². The summed E-state index contributed by atoms with van der Waals surface area (Å²) in [7, 11) is 0. The van der Waals surface area contributed by atoms with E-state index >= 15 is 0 Å². The van der Waals surface area contributed by atoms with E-state index in [4.69, 9.17) is 17.3 Å². The minimum absolute atomic E-state index is 0.213. The molecule has 0 fully saturated rings. The fraction of sp³-hybridized carbons (Fsp3) is 0.200. The Hall–Kier alpha value is -1.51. The lowest BCUT2D eigenvalue weighted by Crippen LogP contribution is -2.15. The summed E-state index contributed by atoms with van der Waals surface area (Å²) in [5.41, 5.74) is 8.06. The van der Waals surface area contributed by atoms with E-state index in [0.717, 1.165) is 22.6 Å². The molecular weight excluding hydrogens is 246 g/mol. The molecule has 2 rings (SSSR count). The maximum atomic E-state index is 9.29. The third kappa shape index (κ3) is 3.03. The van der Waals surface area contributed by atoms with Crippen LogP contribution >= 0.6 is 11.6 Å². The third-order valence-corrected chi connectivity index (χ3v) is 3.44. The van der Waals surface area contributed by atoms with E-state index in [1.807, 2.05) is 36.4 Å². The molecule has 3 heteroatoms. The van der Waals surface area contributed by atoms with Gasteiger partial charge in [-0.1, -0.05) is 41.9 Å². The Balaban J connectivity index is 2.20. The van der Waals surface area contributed by atoms with Gasteiger partial charge in [0, 0.05) is 10.9 Å². The molecule has 0 aliphatic carbocycles. The normalized spacial score (nSPS) is 12.3. The summed E-state index contributed by atoms with van der Waals surface area (Å²) < 4.78 is 0. The lowest BCUT2D eigenvalue weighted by molar-refractivity contribution is 0.475. The van der Waals surface area contributed by atoms with Crippen LogP contribution in [-0.4, -0.2) is 11.7 Å². The van der Waals surface area contributed by atoms with Gasteiger partial charge in [-0.05, 0) is 42.3 Å². The summed E-state index contributed by atoms with van der Waals surface area (Å²) in [4.78, 5) is 0. The summed E-state index contributed by atoms with van der Waals surface area (Å²) in [6, 6.07) is 15.0. The Bertz CT molecular complexity index is 510. The van der Waals surface area contributed by atoms with Crippen LogP contribution in [0.25, 0.3) is 0 Å². The van der Waals surface area contributed by atoms with E-state index in [0.29, 0.717) is 6.54 Å². The van der Waals surface area contributed by atoms with Crippen LogP contribution < -0.4 is 5.73 Å². The number of rotatable bonds is 4. The largest absolute Gasteiger partial charge is 0.508 e. The molecule has 3 N–H and O–H groups in total. The average molecular weight is 262 g/mol. The molecule has 2 aromatic rings. The molecular formula is C15H16ClNO. The fourth-order valence-corrected chi connectivity index (χ4v) is 2.23. The van der Waals surface area contributed by atoms with Crippen molar-refractivity contribution in [1.82, 2.24) is 0 Å². The van der Waals surface area contributed by atoms with E-state index < -0.39 is 0 Å². The zero-order valence-corrected chi connectivity index (χ0v) is 10.8. The second kappa shape index (κ2) is 5.89. The van der Waals surface area contributed by atoms with Crippen molar-refractivity contribution in [3.63, 3.8) is 0 Å². The molecule has 0 spiro atoms. The second-order valence-electron chi connectivity index (χ2n) is 4.32. The molecule has 2 aromatic carbocycles. The first-order chi connectivity index (χ1) is 8.70. The number of hydrogen-bond donors (Lipinski definition) is 2. The van der Waals surface area contributed by atoms with Crippen LogP contribution in [0.4, 0.5) is 0 Å². The molecule has 0 aliphatic heterocycles. The van der Waals surface area contributed by atoms with E-state index in [1.165, 1.54) is 0 Å². The topological polar surface area (TPSA) is 46.2 Å². The van der Waals surface area contributed by atoms with Gasteiger partial charge >= 0.3 is 0 Å². The maximum Gasteiger partial charge on any atom is 0.115 e. The number of halogens is 1. The predicted molar refractivity (Wildman–Crippen MR) is 75.1 cm³/mol. The van der Waals surface area contributed by atoms with Crippen LogP contribution in [0, 0.1) is 0 Å². The number of aromatic hydroxyl groups is 1. The highest BCUT2D eigenvalue weighted by Gasteiger charge is 2.12. The number of phenols is 1. The van der Waals surface area contributed by atoms with Crippen molar-refractivity contribution in [1.29, 1.82) is 0 Å². The van der Waals surface area contributed by atoms with Gasteiger partial charge in [-0.25, -0.2) is 0 Å². The molecule has 2 nitrogen and oxygen atoms in total. The van der Waals surface area contributed by atoms with Crippen molar-refractivity contribution >= 4 is 11.6 Å². The van der Waals surface area contributed by atoms with Gasteiger partial charge in [0.15, 0.2) is 0 Å². The van der Waals surface area contributed by atoms with E-state index in [2.05, 4.69) is 0 Å². The van der Waals surface area contributed by atoms with Gasteiger partial charge in [-0.2, -0.15) is 0 Å². The number of nitrogens with two attached hydrogens (primary N) is 1. The number of benzene rings is 2. The standard InChI is InChI=1S/C15H16ClNO/c16-15-4-2-1-3-12(15)9-13(10-17)11-5-7-14(18)8-6-11/h1-8,13,18H,9-10,17H2. The summed E-state index contributed by atoms with van der Waals surface area (Å²) >= 11 is 6.16. The van der Waals surface area contributed by atoms with Crippen molar-refractivity contribution in [2.75, 3.05) is 6.54 Å². The predicted octanol–water partition coefficient (Wildman–Crippen LogP) is 3.33. The fourth-order valence-electron chi connectivity index (χ4n) is 2.01. The van der Waals surface area contributed by atoms with Crippen LogP contribution in [0.3, 0.4) is 0 Å². The molecule has 0 aromatic heterocycles. The smallest absolute Gasteiger partial charge is 0.115 e. The SMILES string of the molecule is NCC(Cc1ccccc1Cl)c1ccc(O)cc1. The first-order valence-electron chi connectivity index (χ1n) is 5.93. The van der Waals surface area contributed by atoms with Crippen molar-refractivity contribution in [3.05, 3.63) is 64.7 Å². The van der Waals surface area contributed by atoms with Gasteiger partial charge in [0.1, 0.15) is 5.75 Å². The quantitative estimate of drug-likeness (QED) is 0.887. The average Bonchev–Trinajstić information content (AvgIpc) is 2.39. The highest BCUT2D eigenvalue weighted by atomic mass is 35.5. The number of phenolic OH excluding ortho intramolecular Hbond substituents is 1. The van der Waals surface area contributed by atoms with Gasteiger partial charge in [-0.3, -0.25) is 0 Å². The van der Waals surface area contributed by atoms with Gasteiger partial charge < -0.3 is 10.8 Å². The Morgan fingerprint density at radius 1 is 1.06 bits per heavy atom. The second-order valence-corrected chi connectivity index (χ2v) is 4.73. The molecule has 94 valence electrons. The molecule has 1 unspecified atom stereocenters. The molecule has 0 saturated heterocycles. The third-order valence-electron chi connectivity index (χ3n) is 3.07. The van der Waals surface area contributed by atoms with Crippen LogP contribution in [0.15, 0.2) is 48.5 Å². The monoisotopic (exact) mass is 261 g/mol. The van der Waals surface area contributed by atoms with Crippen molar-refractivity contribution in [2.24, 2.45) is 5.73 Å². The molecule has 0 radical (unpaired) electrons. The van der Waals surface area contributed by atoms with Crippen molar-refractivity contribution in [2.45, 2.75) is 12.3 Å². The van der Waals surface area contributed by atoms with E-state index in [1.54, 1.807) is 12.1 Å². The van der Waals surface area contributed by atoms with Gasteiger partial charge in [0.2, 0.25) is 0 Å². The molecule has 0 bridgehead atoms. The summed E-state index contributed by atoms with van der Waals surface area (Å²) in [5.74, 6) is 0.484. The minimum atomic E-state index is 0.213. The van der Waals surface area contributed by atoms with E-state index in [9.17, 15) is 5.11 Å². The lowest BCUT2D eigenvalue weighted by Gasteiger charge is -2.16. The van der Waals surface area contributed by atoms with Crippen LogP contribution in [0.5, 0.6) is 5.75 Å². The summed E-state index contributed by atoms with van der Waals surface area (Å²) in [6.45, 7) is 0.552. The van der Waals surface area contributed by atoms with E-state index in [-0.39, 0.29) is 11.7 Å². The van der Waals surface area contributed by atoms with Crippen LogP contribution in [0.2, 0.25) is 5.02 Å². The van der Waals surface area contributed by atoms with Gasteiger partial charge in [0.25, 0.3) is 0 Å². The molecule has 1 atom stereocenters. The minimum Gasteiger partial charge on any atom is -0.508 e. The van der Waals surface area contributed by atoms with Crippen LogP contribution in [0.1, 0.15) is 17.0 Å². The molecule has 0 amide bonds. The maximum absolute atomic E-state index is 9.29. The summed E-state index contributed by atoms with van der Waals surface area (Å²) in [5, 5.41) is 10.1. The molecule has 0 aliphatic rings. The Morgan fingerprint density at radius 3 is 2.33 bits per heavy atom. The highest BCUT2D eigenvalue weighted by Crippen LogP contribution is 2.25. The Labute approximate surface area is 112 Å². The first-order valence-corrected chi connectivity index (χ1v) is 6.31. The van der Waals surface area contributed by atoms with Crippen molar-refractivity contribution < 1.29 is 5.11 Å². The van der Waals surface area contributed by atoms with Crippen molar-refractivity contribution in [3.8, 4) is 5.75 Å².